The first-order valence-electron chi connectivity index (χ1n) is 7.90. The molecule has 110 valence electrons. The highest BCUT2D eigenvalue weighted by Gasteiger charge is 2.36. The number of hydrogen-bond donors (Lipinski definition) is 3. The lowest BCUT2D eigenvalue weighted by Crippen LogP contribution is -2.49. The van der Waals surface area contributed by atoms with Gasteiger partial charge in [-0.05, 0) is 70.9 Å². The van der Waals surface area contributed by atoms with Gasteiger partial charge in [0.15, 0.2) is 0 Å². The van der Waals surface area contributed by atoms with Crippen LogP contribution in [0, 0.1) is 5.41 Å². The zero-order valence-electron chi connectivity index (χ0n) is 12.4. The van der Waals surface area contributed by atoms with E-state index >= 15 is 0 Å². The SMILES string of the molecule is CCNC(=O)[C@H](C)NC1CCC2(CCNCC2)CC1. The van der Waals surface area contributed by atoms with Gasteiger partial charge >= 0.3 is 0 Å². The maximum Gasteiger partial charge on any atom is 0.236 e. The van der Waals surface area contributed by atoms with Gasteiger partial charge in [-0.15, -0.1) is 0 Å². The van der Waals surface area contributed by atoms with Gasteiger partial charge in [0.05, 0.1) is 6.04 Å². The van der Waals surface area contributed by atoms with Crippen LogP contribution in [0.2, 0.25) is 0 Å². The van der Waals surface area contributed by atoms with E-state index in [2.05, 4.69) is 16.0 Å². The fraction of sp³-hybridized carbons (Fsp3) is 0.933. The molecule has 0 aromatic heterocycles. The van der Waals surface area contributed by atoms with Gasteiger partial charge in [-0.1, -0.05) is 0 Å². The van der Waals surface area contributed by atoms with Gasteiger partial charge in [0, 0.05) is 12.6 Å². The van der Waals surface area contributed by atoms with Gasteiger partial charge in [0.2, 0.25) is 5.91 Å². The summed E-state index contributed by atoms with van der Waals surface area (Å²) in [5.41, 5.74) is 0.609. The van der Waals surface area contributed by atoms with Crippen molar-refractivity contribution in [1.82, 2.24) is 16.0 Å². The number of hydrogen-bond acceptors (Lipinski definition) is 3. The van der Waals surface area contributed by atoms with Gasteiger partial charge in [-0.3, -0.25) is 4.79 Å². The van der Waals surface area contributed by atoms with Crippen LogP contribution in [0.3, 0.4) is 0 Å². The van der Waals surface area contributed by atoms with Crippen LogP contribution < -0.4 is 16.0 Å². The lowest BCUT2D eigenvalue weighted by Gasteiger charge is -2.43. The molecular weight excluding hydrogens is 238 g/mol. The molecule has 0 radical (unpaired) electrons. The second-order valence-electron chi connectivity index (χ2n) is 6.31. The Bertz CT molecular complexity index is 290. The molecule has 1 atom stereocenters. The fourth-order valence-corrected chi connectivity index (χ4v) is 3.61. The standard InChI is InChI=1S/C15H29N3O/c1-3-17-14(19)12(2)18-13-4-6-15(7-5-13)8-10-16-11-9-15/h12-13,16,18H,3-11H2,1-2H3,(H,17,19)/t12-/m0/s1. The van der Waals surface area contributed by atoms with Crippen molar-refractivity contribution in [3.05, 3.63) is 0 Å². The van der Waals surface area contributed by atoms with Crippen molar-refractivity contribution in [2.45, 2.75) is 64.5 Å². The largest absolute Gasteiger partial charge is 0.355 e. The summed E-state index contributed by atoms with van der Waals surface area (Å²) >= 11 is 0. The van der Waals surface area contributed by atoms with Crippen molar-refractivity contribution in [1.29, 1.82) is 0 Å². The number of piperidine rings is 1. The number of carbonyl (C=O) groups is 1. The van der Waals surface area contributed by atoms with E-state index in [1.54, 1.807) is 0 Å². The topological polar surface area (TPSA) is 53.2 Å². The summed E-state index contributed by atoms with van der Waals surface area (Å²) in [6.07, 6.45) is 7.79. The van der Waals surface area contributed by atoms with E-state index in [1.165, 1.54) is 51.6 Å². The average Bonchev–Trinajstić information content (AvgIpc) is 2.43. The lowest BCUT2D eigenvalue weighted by molar-refractivity contribution is -0.122. The smallest absolute Gasteiger partial charge is 0.236 e. The Kier molecular flexibility index (Phi) is 5.22. The molecule has 0 unspecified atom stereocenters. The number of nitrogens with one attached hydrogen (secondary N) is 3. The van der Waals surface area contributed by atoms with Gasteiger partial charge in [0.1, 0.15) is 0 Å². The van der Waals surface area contributed by atoms with Crippen LogP contribution in [-0.4, -0.2) is 37.6 Å². The second-order valence-corrected chi connectivity index (χ2v) is 6.31. The zero-order valence-corrected chi connectivity index (χ0v) is 12.4. The van der Waals surface area contributed by atoms with E-state index in [0.29, 0.717) is 18.0 Å². The van der Waals surface area contributed by atoms with Crippen molar-refractivity contribution in [3.8, 4) is 0 Å². The quantitative estimate of drug-likeness (QED) is 0.722. The van der Waals surface area contributed by atoms with E-state index in [1.807, 2.05) is 13.8 Å². The summed E-state index contributed by atoms with van der Waals surface area (Å²) in [5, 5.41) is 9.84. The minimum absolute atomic E-state index is 0.0629. The molecule has 2 fully saturated rings. The van der Waals surface area contributed by atoms with Crippen LogP contribution in [0.4, 0.5) is 0 Å². The molecule has 1 saturated carbocycles. The van der Waals surface area contributed by atoms with Crippen LogP contribution in [0.15, 0.2) is 0 Å². The van der Waals surface area contributed by atoms with Crippen LogP contribution in [0.25, 0.3) is 0 Å². The molecule has 3 N–H and O–H groups in total. The molecule has 2 aliphatic rings. The van der Waals surface area contributed by atoms with Crippen molar-refractivity contribution in [2.24, 2.45) is 5.41 Å². The Morgan fingerprint density at radius 1 is 1.26 bits per heavy atom. The third-order valence-electron chi connectivity index (χ3n) is 4.94. The van der Waals surface area contributed by atoms with E-state index < -0.39 is 0 Å². The monoisotopic (exact) mass is 267 g/mol. The second kappa shape index (κ2) is 6.71. The number of amides is 1. The van der Waals surface area contributed by atoms with Crippen LogP contribution in [0.5, 0.6) is 0 Å². The first-order chi connectivity index (χ1) is 9.15. The molecule has 1 heterocycles. The predicted molar refractivity (Wildman–Crippen MR) is 78.1 cm³/mol. The molecule has 2 rings (SSSR count). The summed E-state index contributed by atoms with van der Waals surface area (Å²) in [6.45, 7) is 7.03. The van der Waals surface area contributed by atoms with Gasteiger partial charge in [-0.25, -0.2) is 0 Å². The van der Waals surface area contributed by atoms with Crippen molar-refractivity contribution < 1.29 is 4.79 Å². The van der Waals surface area contributed by atoms with Crippen molar-refractivity contribution >= 4 is 5.91 Å². The first kappa shape index (κ1) is 14.8. The molecule has 1 aliphatic carbocycles. The average molecular weight is 267 g/mol. The van der Waals surface area contributed by atoms with E-state index in [9.17, 15) is 4.79 Å². The zero-order chi connectivity index (χ0) is 13.7. The van der Waals surface area contributed by atoms with Crippen LogP contribution >= 0.6 is 0 Å². The summed E-state index contributed by atoms with van der Waals surface area (Å²) in [7, 11) is 0. The maximum absolute atomic E-state index is 11.7. The molecule has 0 bridgehead atoms. The highest BCUT2D eigenvalue weighted by atomic mass is 16.2. The van der Waals surface area contributed by atoms with Crippen molar-refractivity contribution in [2.75, 3.05) is 19.6 Å². The summed E-state index contributed by atoms with van der Waals surface area (Å²) < 4.78 is 0. The van der Waals surface area contributed by atoms with Crippen molar-refractivity contribution in [3.63, 3.8) is 0 Å². The molecule has 1 spiro atoms. The van der Waals surface area contributed by atoms with Gasteiger partial charge in [0.25, 0.3) is 0 Å². The maximum atomic E-state index is 11.7. The molecule has 1 aliphatic heterocycles. The predicted octanol–water partition coefficient (Wildman–Crippen LogP) is 1.41. The van der Waals surface area contributed by atoms with E-state index in [0.717, 1.165) is 0 Å². The normalized spacial score (nSPS) is 25.2. The van der Waals surface area contributed by atoms with E-state index in [-0.39, 0.29) is 11.9 Å². The molecular formula is C15H29N3O. The van der Waals surface area contributed by atoms with Crippen LogP contribution in [0.1, 0.15) is 52.4 Å². The van der Waals surface area contributed by atoms with E-state index in [4.69, 9.17) is 0 Å². The fourth-order valence-electron chi connectivity index (χ4n) is 3.61. The Morgan fingerprint density at radius 2 is 1.89 bits per heavy atom. The Balaban J connectivity index is 1.75. The summed E-state index contributed by atoms with van der Waals surface area (Å²) in [5.74, 6) is 0.129. The molecule has 1 saturated heterocycles. The summed E-state index contributed by atoms with van der Waals surface area (Å²) in [6, 6.07) is 0.463. The highest BCUT2D eigenvalue weighted by Crippen LogP contribution is 2.43. The third kappa shape index (κ3) is 3.93. The molecule has 4 nitrogen and oxygen atoms in total. The first-order valence-corrected chi connectivity index (χ1v) is 7.90. The lowest BCUT2D eigenvalue weighted by atomic mass is 9.67. The highest BCUT2D eigenvalue weighted by molar-refractivity contribution is 5.81. The molecule has 0 aromatic rings. The molecule has 19 heavy (non-hydrogen) atoms. The number of carbonyl (C=O) groups excluding carboxylic acids is 1. The summed E-state index contributed by atoms with van der Waals surface area (Å²) in [4.78, 5) is 11.7. The number of likely N-dealkylation sites (N-methyl/N-ethyl adjacent to an activating group) is 1. The minimum atomic E-state index is -0.0629. The minimum Gasteiger partial charge on any atom is -0.355 e. The van der Waals surface area contributed by atoms with Gasteiger partial charge < -0.3 is 16.0 Å². The Hall–Kier alpha value is -0.610. The molecule has 4 heteroatoms. The third-order valence-corrected chi connectivity index (χ3v) is 4.94. The molecule has 0 aromatic carbocycles. The van der Waals surface area contributed by atoms with Crippen LogP contribution in [-0.2, 0) is 4.79 Å². The molecule has 1 amide bonds. The van der Waals surface area contributed by atoms with Gasteiger partial charge in [-0.2, -0.15) is 0 Å². The number of rotatable bonds is 4. The Morgan fingerprint density at radius 3 is 2.47 bits per heavy atom. The Labute approximate surface area is 117 Å².